The summed E-state index contributed by atoms with van der Waals surface area (Å²) < 4.78 is 1.71. The van der Waals surface area contributed by atoms with E-state index < -0.39 is 23.4 Å². The van der Waals surface area contributed by atoms with E-state index in [2.05, 4.69) is 11.2 Å². The zero-order valence-corrected chi connectivity index (χ0v) is 17.6. The molecule has 1 fully saturated rings. The third-order valence-corrected chi connectivity index (χ3v) is 6.94. The van der Waals surface area contributed by atoms with Crippen molar-refractivity contribution in [3.63, 3.8) is 0 Å². The molecule has 2 heterocycles. The largest absolute Gasteiger partial charge is 0.365 e. The van der Waals surface area contributed by atoms with E-state index in [9.17, 15) is 14.9 Å². The Morgan fingerprint density at radius 3 is 2.50 bits per heavy atom. The van der Waals surface area contributed by atoms with Crippen LogP contribution in [0, 0.1) is 16.7 Å². The topological polar surface area (TPSA) is 131 Å². The van der Waals surface area contributed by atoms with Crippen LogP contribution in [0.4, 0.5) is 4.79 Å². The van der Waals surface area contributed by atoms with Gasteiger partial charge in [0.2, 0.25) is 0 Å². The first kappa shape index (κ1) is 20.5. The number of hydrogen-bond donors (Lipinski definition) is 2. The van der Waals surface area contributed by atoms with Crippen LogP contribution in [0.25, 0.3) is 11.3 Å². The van der Waals surface area contributed by atoms with Crippen molar-refractivity contribution in [1.82, 2.24) is 14.7 Å². The summed E-state index contributed by atoms with van der Waals surface area (Å²) in [5.41, 5.74) is 12.7. The zero-order valence-electron chi connectivity index (χ0n) is 16.1. The predicted molar refractivity (Wildman–Crippen MR) is 112 cm³/mol. The second-order valence-electron chi connectivity index (χ2n) is 7.81. The molecule has 4 rings (SSSR count). The second kappa shape index (κ2) is 7.49. The minimum absolute atomic E-state index is 0.216. The van der Waals surface area contributed by atoms with Crippen molar-refractivity contribution in [2.75, 3.05) is 6.54 Å². The van der Waals surface area contributed by atoms with E-state index in [-0.39, 0.29) is 12.0 Å². The van der Waals surface area contributed by atoms with Crippen molar-refractivity contribution in [3.05, 3.63) is 39.5 Å². The Kier molecular flexibility index (Phi) is 5.12. The minimum Gasteiger partial charge on any atom is -0.365 e. The van der Waals surface area contributed by atoms with Gasteiger partial charge in [0.15, 0.2) is 0 Å². The first-order valence-corrected chi connectivity index (χ1v) is 10.3. The van der Waals surface area contributed by atoms with Gasteiger partial charge < -0.3 is 16.4 Å². The standard InChI is InChI=1S/C20H20Cl2N6O2/c21-12-3-2-11(10-13(12)22)15-14(18(24)29)16-17(20(6-7-23)4-1-5-20)27(19(25)30)8-9-28(16)26-15/h2-3,10,17H,1,4-6,8-9H2,(H2,24,29)(H2,25,30). The van der Waals surface area contributed by atoms with Crippen molar-refractivity contribution in [3.8, 4) is 17.3 Å². The number of primary amides is 2. The van der Waals surface area contributed by atoms with Gasteiger partial charge >= 0.3 is 6.03 Å². The average Bonchev–Trinajstić information content (AvgIpc) is 3.06. The molecule has 2 aliphatic rings. The van der Waals surface area contributed by atoms with Crippen LogP contribution < -0.4 is 11.5 Å². The Morgan fingerprint density at radius 2 is 1.97 bits per heavy atom. The van der Waals surface area contributed by atoms with Crippen molar-refractivity contribution in [1.29, 1.82) is 5.26 Å². The molecule has 1 aliphatic heterocycles. The van der Waals surface area contributed by atoms with Gasteiger partial charge in [0.1, 0.15) is 5.69 Å². The molecule has 10 heteroatoms. The van der Waals surface area contributed by atoms with Crippen LogP contribution in [0.5, 0.6) is 0 Å². The van der Waals surface area contributed by atoms with Gasteiger partial charge in [-0.2, -0.15) is 10.4 Å². The quantitative estimate of drug-likeness (QED) is 0.743. The number of rotatable bonds is 4. The molecule has 1 aliphatic carbocycles. The highest BCUT2D eigenvalue weighted by Gasteiger charge is 2.52. The lowest BCUT2D eigenvalue weighted by atomic mass is 9.60. The molecule has 30 heavy (non-hydrogen) atoms. The van der Waals surface area contributed by atoms with Crippen LogP contribution in [-0.2, 0) is 6.54 Å². The van der Waals surface area contributed by atoms with E-state index in [4.69, 9.17) is 34.7 Å². The van der Waals surface area contributed by atoms with E-state index >= 15 is 0 Å². The van der Waals surface area contributed by atoms with Crippen LogP contribution in [0.1, 0.15) is 47.8 Å². The van der Waals surface area contributed by atoms with Crippen LogP contribution in [0.3, 0.4) is 0 Å². The van der Waals surface area contributed by atoms with Gasteiger partial charge in [-0.05, 0) is 25.0 Å². The number of halogens is 2. The maximum Gasteiger partial charge on any atom is 0.315 e. The van der Waals surface area contributed by atoms with Crippen LogP contribution in [0.2, 0.25) is 10.0 Å². The number of hydrogen-bond acceptors (Lipinski definition) is 4. The molecule has 1 unspecified atom stereocenters. The third-order valence-electron chi connectivity index (χ3n) is 6.20. The summed E-state index contributed by atoms with van der Waals surface area (Å²) in [5, 5.41) is 14.8. The SMILES string of the molecule is N#CCC1(C2c3c(C(N)=O)c(-c4ccc(Cl)c(Cl)c4)nn3CCN2C(N)=O)CCC1. The van der Waals surface area contributed by atoms with E-state index in [0.29, 0.717) is 40.1 Å². The summed E-state index contributed by atoms with van der Waals surface area (Å²) >= 11 is 12.2. The highest BCUT2D eigenvalue weighted by atomic mass is 35.5. The van der Waals surface area contributed by atoms with Crippen molar-refractivity contribution in [2.45, 2.75) is 38.3 Å². The molecule has 1 aromatic heterocycles. The smallest absolute Gasteiger partial charge is 0.315 e. The van der Waals surface area contributed by atoms with Crippen LogP contribution >= 0.6 is 23.2 Å². The number of carbonyl (C=O) groups is 2. The molecule has 3 amide bonds. The number of aromatic nitrogens is 2. The fourth-order valence-corrected chi connectivity index (χ4v) is 4.98. The molecule has 0 saturated heterocycles. The van der Waals surface area contributed by atoms with Gasteiger partial charge in [0, 0.05) is 23.9 Å². The first-order valence-electron chi connectivity index (χ1n) is 9.58. The van der Waals surface area contributed by atoms with Gasteiger partial charge in [-0.3, -0.25) is 9.48 Å². The average molecular weight is 447 g/mol. The van der Waals surface area contributed by atoms with Gasteiger partial charge in [-0.25, -0.2) is 4.79 Å². The zero-order chi connectivity index (χ0) is 21.6. The summed E-state index contributed by atoms with van der Waals surface area (Å²) in [6.07, 6.45) is 2.68. The van der Waals surface area contributed by atoms with E-state index in [0.717, 1.165) is 19.3 Å². The van der Waals surface area contributed by atoms with Gasteiger partial charge in [-0.1, -0.05) is 35.7 Å². The van der Waals surface area contributed by atoms with Crippen molar-refractivity contribution < 1.29 is 9.59 Å². The first-order chi connectivity index (χ1) is 14.3. The number of fused-ring (bicyclic) bond motifs is 1. The second-order valence-corrected chi connectivity index (χ2v) is 8.62. The van der Waals surface area contributed by atoms with Gasteiger partial charge in [-0.15, -0.1) is 0 Å². The lowest BCUT2D eigenvalue weighted by molar-refractivity contribution is 0.00282. The Hall–Kier alpha value is -2.76. The lowest BCUT2D eigenvalue weighted by Gasteiger charge is -2.52. The number of carbonyl (C=O) groups excluding carboxylic acids is 2. The molecular formula is C20H20Cl2N6O2. The number of amides is 3. The minimum atomic E-state index is -0.667. The maximum atomic E-state index is 12.6. The summed E-state index contributed by atoms with van der Waals surface area (Å²) in [5.74, 6) is -0.667. The molecule has 1 aromatic carbocycles. The number of nitrogens with two attached hydrogens (primary N) is 2. The number of nitriles is 1. The Labute approximate surface area is 183 Å². The summed E-state index contributed by atoms with van der Waals surface area (Å²) in [6.45, 7) is 0.694. The normalized spacial score (nSPS) is 19.5. The summed E-state index contributed by atoms with van der Waals surface area (Å²) in [6, 6.07) is 6.06. The Bertz CT molecular complexity index is 1090. The molecule has 1 atom stereocenters. The van der Waals surface area contributed by atoms with E-state index in [1.807, 2.05) is 0 Å². The third kappa shape index (κ3) is 3.09. The fourth-order valence-electron chi connectivity index (χ4n) is 4.68. The molecule has 0 bridgehead atoms. The van der Waals surface area contributed by atoms with Crippen LogP contribution in [-0.4, -0.2) is 33.2 Å². The Morgan fingerprint density at radius 1 is 1.23 bits per heavy atom. The van der Waals surface area contributed by atoms with Gasteiger partial charge in [0.25, 0.3) is 5.91 Å². The van der Waals surface area contributed by atoms with E-state index in [1.54, 1.807) is 27.8 Å². The van der Waals surface area contributed by atoms with Crippen molar-refractivity contribution >= 4 is 35.1 Å². The molecule has 2 aromatic rings. The monoisotopic (exact) mass is 446 g/mol. The summed E-state index contributed by atoms with van der Waals surface area (Å²) in [7, 11) is 0. The van der Waals surface area contributed by atoms with Crippen LogP contribution in [0.15, 0.2) is 18.2 Å². The molecule has 0 radical (unpaired) electrons. The fraction of sp³-hybridized carbons (Fsp3) is 0.400. The molecular weight excluding hydrogens is 427 g/mol. The number of benzene rings is 1. The summed E-state index contributed by atoms with van der Waals surface area (Å²) in [4.78, 5) is 26.4. The molecule has 0 spiro atoms. The lowest BCUT2D eigenvalue weighted by Crippen LogP contribution is -2.53. The molecule has 1 saturated carbocycles. The number of urea groups is 1. The van der Waals surface area contributed by atoms with Crippen molar-refractivity contribution in [2.24, 2.45) is 16.9 Å². The van der Waals surface area contributed by atoms with Gasteiger partial charge in [0.05, 0.1) is 40.0 Å². The molecule has 156 valence electrons. The number of nitrogens with zero attached hydrogens (tertiary/aromatic N) is 4. The molecule has 8 nitrogen and oxygen atoms in total. The van der Waals surface area contributed by atoms with E-state index in [1.165, 1.54) is 0 Å². The Balaban J connectivity index is 1.96. The highest BCUT2D eigenvalue weighted by molar-refractivity contribution is 6.42. The predicted octanol–water partition coefficient (Wildman–Crippen LogP) is 3.48. The highest BCUT2D eigenvalue weighted by Crippen LogP contribution is 2.56. The molecule has 4 N–H and O–H groups in total. The maximum absolute atomic E-state index is 12.6.